The van der Waals surface area contributed by atoms with Gasteiger partial charge >= 0.3 is 5.69 Å². The molecule has 2 aromatic rings. The van der Waals surface area contributed by atoms with Crippen LogP contribution in [0.2, 0.25) is 0 Å². The van der Waals surface area contributed by atoms with Crippen LogP contribution in [0.25, 0.3) is 0 Å². The molecule has 0 saturated carbocycles. The number of aromatic hydroxyl groups is 2. The molecule has 0 fully saturated rings. The number of hydrogen-bond acceptors (Lipinski definition) is 6. The number of aromatic nitrogens is 2. The fourth-order valence-corrected chi connectivity index (χ4v) is 1.50. The average Bonchev–Trinajstić information content (AvgIpc) is 2.30. The van der Waals surface area contributed by atoms with Gasteiger partial charge in [0.2, 0.25) is 0 Å². The van der Waals surface area contributed by atoms with E-state index in [-0.39, 0.29) is 12.2 Å². The maximum atomic E-state index is 12.7. The molecule has 1 heterocycles. The smallest absolute Gasteiger partial charge is 0.391 e. The van der Waals surface area contributed by atoms with Gasteiger partial charge in [0.15, 0.2) is 0 Å². The van der Waals surface area contributed by atoms with Gasteiger partial charge in [-0.15, -0.1) is 0 Å². The fraction of sp³-hybridized carbons (Fsp3) is 0.0909. The van der Waals surface area contributed by atoms with Crippen molar-refractivity contribution < 1.29 is 19.5 Å². The van der Waals surface area contributed by atoms with E-state index in [2.05, 4.69) is 9.97 Å². The van der Waals surface area contributed by atoms with Crippen molar-refractivity contribution in [3.8, 4) is 11.8 Å². The monoisotopic (exact) mass is 265 g/mol. The molecule has 0 radical (unpaired) electrons. The summed E-state index contributed by atoms with van der Waals surface area (Å²) in [6, 6.07) is 5.43. The molecule has 19 heavy (non-hydrogen) atoms. The molecule has 98 valence electrons. The van der Waals surface area contributed by atoms with Crippen LogP contribution >= 0.6 is 0 Å². The lowest BCUT2D eigenvalue weighted by Crippen LogP contribution is -2.00. The number of rotatable bonds is 3. The van der Waals surface area contributed by atoms with Gasteiger partial charge in [0.1, 0.15) is 11.6 Å². The molecule has 0 aliphatic heterocycles. The molecule has 0 unspecified atom stereocenters. The summed E-state index contributed by atoms with van der Waals surface area (Å²) < 4.78 is 12.7. The van der Waals surface area contributed by atoms with E-state index in [0.29, 0.717) is 5.56 Å². The van der Waals surface area contributed by atoms with Crippen LogP contribution in [0, 0.1) is 15.9 Å². The largest absolute Gasteiger partial charge is 0.488 e. The first-order chi connectivity index (χ1) is 8.97. The summed E-state index contributed by atoms with van der Waals surface area (Å²) in [6.45, 7) is 0. The summed E-state index contributed by atoms with van der Waals surface area (Å²) in [6.07, 6.45) is 0.0966. The van der Waals surface area contributed by atoms with Crippen LogP contribution in [-0.2, 0) is 6.42 Å². The first-order valence-corrected chi connectivity index (χ1v) is 5.15. The van der Waals surface area contributed by atoms with Crippen molar-refractivity contribution in [3.63, 3.8) is 0 Å². The molecule has 2 N–H and O–H groups in total. The summed E-state index contributed by atoms with van der Waals surface area (Å²) in [5.41, 5.74) is -0.308. The molecule has 0 aliphatic rings. The SMILES string of the molecule is O=[N+]([O-])c1c(O)nc(Cc2ccc(F)cc2)nc1O. The molecule has 0 atom stereocenters. The van der Waals surface area contributed by atoms with E-state index in [0.717, 1.165) is 0 Å². The second kappa shape index (κ2) is 4.84. The zero-order valence-corrected chi connectivity index (χ0v) is 9.45. The Hall–Kier alpha value is -2.77. The molecule has 2 rings (SSSR count). The van der Waals surface area contributed by atoms with Crippen LogP contribution in [0.3, 0.4) is 0 Å². The molecule has 7 nitrogen and oxygen atoms in total. The van der Waals surface area contributed by atoms with Gasteiger partial charge in [-0.25, -0.2) is 4.39 Å². The molecule has 1 aromatic carbocycles. The lowest BCUT2D eigenvalue weighted by atomic mass is 10.1. The van der Waals surface area contributed by atoms with Gasteiger partial charge in [0.25, 0.3) is 11.8 Å². The number of halogens is 1. The quantitative estimate of drug-likeness (QED) is 0.643. The maximum absolute atomic E-state index is 12.7. The average molecular weight is 265 g/mol. The Balaban J connectivity index is 2.32. The van der Waals surface area contributed by atoms with E-state index >= 15 is 0 Å². The lowest BCUT2D eigenvalue weighted by Gasteiger charge is -2.03. The summed E-state index contributed by atoms with van der Waals surface area (Å²) in [5.74, 6) is -2.23. The highest BCUT2D eigenvalue weighted by Crippen LogP contribution is 2.31. The highest BCUT2D eigenvalue weighted by molar-refractivity contribution is 5.48. The normalized spacial score (nSPS) is 10.4. The van der Waals surface area contributed by atoms with Crippen LogP contribution in [0.15, 0.2) is 24.3 Å². The minimum absolute atomic E-state index is 0.00721. The zero-order valence-electron chi connectivity index (χ0n) is 9.45. The predicted octanol–water partition coefficient (Wildman–Crippen LogP) is 1.53. The van der Waals surface area contributed by atoms with Crippen molar-refractivity contribution in [3.05, 3.63) is 51.6 Å². The fourth-order valence-electron chi connectivity index (χ4n) is 1.50. The Morgan fingerprint density at radius 1 is 1.16 bits per heavy atom. The standard InChI is InChI=1S/C11H8FN3O4/c12-7-3-1-6(2-4-7)5-8-13-10(16)9(15(18)19)11(17)14-8/h1-4H,5H2,(H2,13,14,16,17). The van der Waals surface area contributed by atoms with Gasteiger partial charge in [0.05, 0.1) is 4.92 Å². The van der Waals surface area contributed by atoms with E-state index in [9.17, 15) is 24.7 Å². The molecule has 0 bridgehead atoms. The van der Waals surface area contributed by atoms with Crippen molar-refractivity contribution in [2.24, 2.45) is 0 Å². The Morgan fingerprint density at radius 2 is 1.68 bits per heavy atom. The maximum Gasteiger partial charge on any atom is 0.391 e. The van der Waals surface area contributed by atoms with Crippen molar-refractivity contribution in [1.29, 1.82) is 0 Å². The number of nitrogens with zero attached hydrogens (tertiary/aromatic N) is 3. The van der Waals surface area contributed by atoms with Crippen LogP contribution in [0.1, 0.15) is 11.4 Å². The highest BCUT2D eigenvalue weighted by Gasteiger charge is 2.24. The topological polar surface area (TPSA) is 109 Å². The predicted molar refractivity (Wildman–Crippen MR) is 61.2 cm³/mol. The minimum Gasteiger partial charge on any atom is -0.488 e. The van der Waals surface area contributed by atoms with Gasteiger partial charge in [-0.3, -0.25) is 10.1 Å². The van der Waals surface area contributed by atoms with Gasteiger partial charge in [-0.2, -0.15) is 9.97 Å². The number of hydrogen-bond donors (Lipinski definition) is 2. The van der Waals surface area contributed by atoms with Crippen LogP contribution in [0.4, 0.5) is 10.1 Å². The first kappa shape index (κ1) is 12.7. The Bertz CT molecular complexity index is 607. The van der Waals surface area contributed by atoms with Gasteiger partial charge in [0, 0.05) is 6.42 Å². The third-order valence-electron chi connectivity index (χ3n) is 2.35. The van der Waals surface area contributed by atoms with Gasteiger partial charge in [-0.05, 0) is 17.7 Å². The van der Waals surface area contributed by atoms with E-state index in [1.54, 1.807) is 0 Å². The van der Waals surface area contributed by atoms with E-state index in [1.807, 2.05) is 0 Å². The Morgan fingerprint density at radius 3 is 2.16 bits per heavy atom. The first-order valence-electron chi connectivity index (χ1n) is 5.15. The highest BCUT2D eigenvalue weighted by atomic mass is 19.1. The van der Waals surface area contributed by atoms with Crippen molar-refractivity contribution >= 4 is 5.69 Å². The number of nitro groups is 1. The summed E-state index contributed by atoms with van der Waals surface area (Å²) >= 11 is 0. The van der Waals surface area contributed by atoms with Crippen LogP contribution in [-0.4, -0.2) is 25.1 Å². The molecular weight excluding hydrogens is 257 g/mol. The van der Waals surface area contributed by atoms with Gasteiger partial charge in [-0.1, -0.05) is 12.1 Å². The number of benzene rings is 1. The molecule has 0 spiro atoms. The third kappa shape index (κ3) is 2.73. The van der Waals surface area contributed by atoms with E-state index in [1.165, 1.54) is 24.3 Å². The van der Waals surface area contributed by atoms with E-state index in [4.69, 9.17) is 0 Å². The molecular formula is C11H8FN3O4. The van der Waals surface area contributed by atoms with E-state index < -0.39 is 28.2 Å². The van der Waals surface area contributed by atoms with Gasteiger partial charge < -0.3 is 10.2 Å². The molecule has 0 saturated heterocycles. The second-order valence-corrected chi connectivity index (χ2v) is 3.70. The Labute approximate surface area is 106 Å². The Kier molecular flexibility index (Phi) is 3.23. The zero-order chi connectivity index (χ0) is 14.0. The molecule has 0 aliphatic carbocycles. The third-order valence-corrected chi connectivity index (χ3v) is 2.35. The van der Waals surface area contributed by atoms with Crippen LogP contribution in [0.5, 0.6) is 11.8 Å². The summed E-state index contributed by atoms with van der Waals surface area (Å²) in [7, 11) is 0. The summed E-state index contributed by atoms with van der Waals surface area (Å²) in [5, 5.41) is 29.2. The molecule has 0 amide bonds. The molecule has 1 aromatic heterocycles. The minimum atomic E-state index is -0.980. The summed E-state index contributed by atoms with van der Waals surface area (Å²) in [4.78, 5) is 16.6. The molecule has 8 heteroatoms. The van der Waals surface area contributed by atoms with Crippen molar-refractivity contribution in [1.82, 2.24) is 9.97 Å². The lowest BCUT2D eigenvalue weighted by molar-refractivity contribution is -0.387. The van der Waals surface area contributed by atoms with Crippen molar-refractivity contribution in [2.45, 2.75) is 6.42 Å². The van der Waals surface area contributed by atoms with Crippen LogP contribution < -0.4 is 0 Å². The van der Waals surface area contributed by atoms with Crippen molar-refractivity contribution in [2.75, 3.05) is 0 Å². The second-order valence-electron chi connectivity index (χ2n) is 3.70.